The lowest BCUT2D eigenvalue weighted by Gasteiger charge is -2.34. The molecule has 2 aromatic carbocycles. The average Bonchev–Trinajstić information content (AvgIpc) is 2.66. The fraction of sp³-hybridized carbons (Fsp3) is 0.429. The van der Waals surface area contributed by atoms with E-state index < -0.39 is 0 Å². The van der Waals surface area contributed by atoms with Gasteiger partial charge in [-0.2, -0.15) is 0 Å². The van der Waals surface area contributed by atoms with Gasteiger partial charge in [-0.3, -0.25) is 0 Å². The first-order chi connectivity index (χ1) is 12.3. The van der Waals surface area contributed by atoms with Gasteiger partial charge >= 0.3 is 0 Å². The number of rotatable bonds is 7. The van der Waals surface area contributed by atoms with Gasteiger partial charge in [0.05, 0.1) is 0 Å². The van der Waals surface area contributed by atoms with Crippen LogP contribution in [-0.4, -0.2) is 37.4 Å². The smallest absolute Gasteiger partial charge is 0.123 e. The molecule has 0 unspecified atom stereocenters. The number of aliphatic hydroxyl groups excluding tert-OH is 1. The minimum atomic E-state index is -0.200. The number of piperidine rings is 1. The Balaban J connectivity index is 1.56. The summed E-state index contributed by atoms with van der Waals surface area (Å²) >= 11 is 0. The number of nitrogens with one attached hydrogen (secondary N) is 1. The van der Waals surface area contributed by atoms with E-state index in [9.17, 15) is 4.39 Å². The molecule has 1 aliphatic heterocycles. The molecule has 1 aliphatic rings. The summed E-state index contributed by atoms with van der Waals surface area (Å²) in [5.74, 6) is -0.200. The van der Waals surface area contributed by atoms with E-state index in [1.54, 1.807) is 0 Å². The molecule has 0 aliphatic carbocycles. The van der Waals surface area contributed by atoms with Crippen LogP contribution < -0.4 is 10.2 Å². The summed E-state index contributed by atoms with van der Waals surface area (Å²) in [6, 6.07) is 15.8. The molecule has 3 rings (SSSR count). The van der Waals surface area contributed by atoms with Crippen LogP contribution in [0.1, 0.15) is 25.7 Å². The number of unbranched alkanes of at least 4 members (excludes halogenated alkanes) is 1. The summed E-state index contributed by atoms with van der Waals surface area (Å²) in [4.78, 5) is 2.43. The van der Waals surface area contributed by atoms with Gasteiger partial charge in [-0.1, -0.05) is 24.3 Å². The highest BCUT2D eigenvalue weighted by Crippen LogP contribution is 2.27. The minimum absolute atomic E-state index is 0.200. The molecule has 1 heterocycles. The lowest BCUT2D eigenvalue weighted by atomic mass is 10.0. The Kier molecular flexibility index (Phi) is 6.42. The normalized spacial score (nSPS) is 15.5. The highest BCUT2D eigenvalue weighted by atomic mass is 19.1. The van der Waals surface area contributed by atoms with Crippen LogP contribution in [0.4, 0.5) is 10.1 Å². The Hall–Kier alpha value is -1.91. The maximum Gasteiger partial charge on any atom is 0.123 e. The Morgan fingerprint density at radius 1 is 1.00 bits per heavy atom. The minimum Gasteiger partial charge on any atom is -0.396 e. The molecule has 0 aromatic heterocycles. The molecule has 1 saturated heterocycles. The number of anilines is 1. The first kappa shape index (κ1) is 17.9. The SMILES string of the molecule is OCCCCNC1CCN(c2cccc(-c3ccc(F)cc3)c2)CC1. The molecule has 2 aromatic rings. The van der Waals surface area contributed by atoms with Crippen molar-refractivity contribution in [3.05, 3.63) is 54.3 Å². The molecule has 1 fully saturated rings. The Morgan fingerprint density at radius 3 is 2.48 bits per heavy atom. The van der Waals surface area contributed by atoms with Gasteiger partial charge in [-0.25, -0.2) is 4.39 Å². The predicted octanol–water partition coefficient (Wildman–Crippen LogP) is 3.82. The van der Waals surface area contributed by atoms with Gasteiger partial charge in [-0.15, -0.1) is 0 Å². The summed E-state index contributed by atoms with van der Waals surface area (Å²) in [5.41, 5.74) is 3.41. The molecule has 0 amide bonds. The van der Waals surface area contributed by atoms with Crippen LogP contribution in [0.5, 0.6) is 0 Å². The van der Waals surface area contributed by atoms with Crippen LogP contribution >= 0.6 is 0 Å². The molecule has 134 valence electrons. The largest absolute Gasteiger partial charge is 0.396 e. The second kappa shape index (κ2) is 8.97. The third kappa shape index (κ3) is 5.03. The van der Waals surface area contributed by atoms with Crippen molar-refractivity contribution in [1.82, 2.24) is 5.32 Å². The van der Waals surface area contributed by atoms with Crippen LogP contribution in [0.15, 0.2) is 48.5 Å². The van der Waals surface area contributed by atoms with Crippen LogP contribution in [0.25, 0.3) is 11.1 Å². The summed E-state index contributed by atoms with van der Waals surface area (Å²) in [6.07, 6.45) is 4.19. The van der Waals surface area contributed by atoms with E-state index in [0.717, 1.165) is 56.4 Å². The summed E-state index contributed by atoms with van der Waals surface area (Å²) in [7, 11) is 0. The maximum absolute atomic E-state index is 13.1. The molecule has 4 heteroatoms. The highest BCUT2D eigenvalue weighted by Gasteiger charge is 2.19. The first-order valence-corrected chi connectivity index (χ1v) is 9.21. The van der Waals surface area contributed by atoms with Crippen LogP contribution in [-0.2, 0) is 0 Å². The third-order valence-electron chi connectivity index (χ3n) is 4.90. The molecular weight excluding hydrogens is 315 g/mol. The summed E-state index contributed by atoms with van der Waals surface area (Å²) in [5, 5.41) is 12.4. The van der Waals surface area contributed by atoms with E-state index in [1.165, 1.54) is 17.8 Å². The van der Waals surface area contributed by atoms with E-state index in [1.807, 2.05) is 12.1 Å². The average molecular weight is 342 g/mol. The number of nitrogens with zero attached hydrogens (tertiary/aromatic N) is 1. The van der Waals surface area contributed by atoms with Crippen molar-refractivity contribution in [1.29, 1.82) is 0 Å². The molecule has 25 heavy (non-hydrogen) atoms. The zero-order valence-corrected chi connectivity index (χ0v) is 14.6. The van der Waals surface area contributed by atoms with E-state index in [2.05, 4.69) is 34.5 Å². The fourth-order valence-corrected chi connectivity index (χ4v) is 3.41. The van der Waals surface area contributed by atoms with E-state index in [4.69, 9.17) is 5.11 Å². The molecule has 0 radical (unpaired) electrons. The van der Waals surface area contributed by atoms with Gasteiger partial charge in [0.25, 0.3) is 0 Å². The van der Waals surface area contributed by atoms with Crippen molar-refractivity contribution in [3.8, 4) is 11.1 Å². The van der Waals surface area contributed by atoms with E-state index in [-0.39, 0.29) is 12.4 Å². The first-order valence-electron chi connectivity index (χ1n) is 9.21. The number of halogens is 1. The van der Waals surface area contributed by atoms with Crippen molar-refractivity contribution >= 4 is 5.69 Å². The summed E-state index contributed by atoms with van der Waals surface area (Å²) in [6.45, 7) is 3.37. The van der Waals surface area contributed by atoms with Gasteiger partial charge in [0, 0.05) is 31.4 Å². The van der Waals surface area contributed by atoms with E-state index >= 15 is 0 Å². The van der Waals surface area contributed by atoms with Crippen molar-refractivity contribution in [2.45, 2.75) is 31.7 Å². The molecule has 0 atom stereocenters. The van der Waals surface area contributed by atoms with Crippen LogP contribution in [0.3, 0.4) is 0 Å². The van der Waals surface area contributed by atoms with Crippen LogP contribution in [0, 0.1) is 5.82 Å². The predicted molar refractivity (Wildman–Crippen MR) is 101 cm³/mol. The van der Waals surface area contributed by atoms with Gasteiger partial charge in [0.1, 0.15) is 5.82 Å². The Morgan fingerprint density at radius 2 is 1.76 bits per heavy atom. The monoisotopic (exact) mass is 342 g/mol. The highest BCUT2D eigenvalue weighted by molar-refractivity contribution is 5.68. The molecular formula is C21H27FN2O. The zero-order valence-electron chi connectivity index (χ0n) is 14.6. The second-order valence-corrected chi connectivity index (χ2v) is 6.70. The topological polar surface area (TPSA) is 35.5 Å². The van der Waals surface area contributed by atoms with Crippen molar-refractivity contribution < 1.29 is 9.50 Å². The van der Waals surface area contributed by atoms with Gasteiger partial charge in [-0.05, 0) is 67.6 Å². The number of hydrogen-bond acceptors (Lipinski definition) is 3. The molecule has 0 saturated carbocycles. The summed E-state index contributed by atoms with van der Waals surface area (Å²) < 4.78 is 13.1. The van der Waals surface area contributed by atoms with Crippen molar-refractivity contribution in [2.75, 3.05) is 31.1 Å². The fourth-order valence-electron chi connectivity index (χ4n) is 3.41. The standard InChI is InChI=1S/C21H27FN2O/c22-19-8-6-17(7-9-19)18-4-3-5-21(16-18)24-13-10-20(11-14-24)23-12-1-2-15-25/h3-9,16,20,23,25H,1-2,10-15H2. The van der Waals surface area contributed by atoms with Crippen molar-refractivity contribution in [2.24, 2.45) is 0 Å². The van der Waals surface area contributed by atoms with Crippen LogP contribution in [0.2, 0.25) is 0 Å². The van der Waals surface area contributed by atoms with Gasteiger partial charge in [0.15, 0.2) is 0 Å². The number of hydrogen-bond donors (Lipinski definition) is 2. The van der Waals surface area contributed by atoms with Gasteiger partial charge in [0.2, 0.25) is 0 Å². The molecule has 2 N–H and O–H groups in total. The molecule has 0 spiro atoms. The van der Waals surface area contributed by atoms with Crippen molar-refractivity contribution in [3.63, 3.8) is 0 Å². The molecule has 0 bridgehead atoms. The zero-order chi connectivity index (χ0) is 17.5. The molecule has 3 nitrogen and oxygen atoms in total. The third-order valence-corrected chi connectivity index (χ3v) is 4.90. The quantitative estimate of drug-likeness (QED) is 0.751. The second-order valence-electron chi connectivity index (χ2n) is 6.70. The lowest BCUT2D eigenvalue weighted by molar-refractivity contribution is 0.281. The maximum atomic E-state index is 13.1. The Labute approximate surface area is 149 Å². The number of benzene rings is 2. The Bertz CT molecular complexity index is 651. The number of aliphatic hydroxyl groups is 1. The van der Waals surface area contributed by atoms with Gasteiger partial charge < -0.3 is 15.3 Å². The van der Waals surface area contributed by atoms with E-state index in [0.29, 0.717) is 6.04 Å². The lowest BCUT2D eigenvalue weighted by Crippen LogP contribution is -2.42.